The van der Waals surface area contributed by atoms with Crippen molar-refractivity contribution in [3.8, 4) is 0 Å². The molecule has 0 bridgehead atoms. The molecule has 1 fully saturated rings. The van der Waals surface area contributed by atoms with E-state index in [-0.39, 0.29) is 17.4 Å². The van der Waals surface area contributed by atoms with Gasteiger partial charge < -0.3 is 14.6 Å². The zero-order valence-corrected chi connectivity index (χ0v) is 12.6. The average Bonchev–Trinajstić information content (AvgIpc) is 3.17. The first-order valence-corrected chi connectivity index (χ1v) is 8.48. The Morgan fingerprint density at radius 3 is 2.95 bits per heavy atom. The van der Waals surface area contributed by atoms with E-state index in [2.05, 4.69) is 20.2 Å². The molecule has 2 aromatic rings. The van der Waals surface area contributed by atoms with E-state index in [0.717, 1.165) is 6.26 Å². The summed E-state index contributed by atoms with van der Waals surface area (Å²) in [6, 6.07) is -0.545. The summed E-state index contributed by atoms with van der Waals surface area (Å²) in [5, 5.41) is 6.49. The molecule has 1 saturated heterocycles. The summed E-state index contributed by atoms with van der Waals surface area (Å²) >= 11 is 0. The smallest absolute Gasteiger partial charge is 0.272 e. The molecular weight excluding hydrogens is 310 g/mol. The van der Waals surface area contributed by atoms with E-state index in [1.807, 2.05) is 0 Å². The normalized spacial score (nSPS) is 19.3. The van der Waals surface area contributed by atoms with E-state index in [1.165, 1.54) is 18.7 Å². The van der Waals surface area contributed by atoms with Crippen molar-refractivity contribution >= 4 is 15.7 Å². The number of H-pyrrole nitrogens is 2. The van der Waals surface area contributed by atoms with Crippen LogP contribution in [0.3, 0.4) is 0 Å². The number of hydrogen-bond donors (Lipinski definition) is 2. The molecule has 1 aliphatic heterocycles. The van der Waals surface area contributed by atoms with Crippen molar-refractivity contribution < 1.29 is 17.9 Å². The predicted molar refractivity (Wildman–Crippen MR) is 74.9 cm³/mol. The minimum atomic E-state index is -3.45. The Bertz CT molecular complexity index is 767. The van der Waals surface area contributed by atoms with Crippen LogP contribution in [-0.4, -0.2) is 65.4 Å². The van der Waals surface area contributed by atoms with Gasteiger partial charge >= 0.3 is 0 Å². The molecule has 0 unspecified atom stereocenters. The molecule has 1 amide bonds. The third-order valence-corrected chi connectivity index (χ3v) is 4.61. The fourth-order valence-electron chi connectivity index (χ4n) is 2.43. The molecule has 0 saturated carbocycles. The van der Waals surface area contributed by atoms with Crippen molar-refractivity contribution in [3.63, 3.8) is 0 Å². The minimum absolute atomic E-state index is 0.0745. The highest BCUT2D eigenvalue weighted by atomic mass is 32.2. The maximum Gasteiger partial charge on any atom is 0.272 e. The lowest BCUT2D eigenvalue weighted by Crippen LogP contribution is -2.44. The van der Waals surface area contributed by atoms with Crippen LogP contribution in [0, 0.1) is 0 Å². The topological polar surface area (TPSA) is 121 Å². The van der Waals surface area contributed by atoms with Gasteiger partial charge in [-0.25, -0.2) is 13.4 Å². The summed E-state index contributed by atoms with van der Waals surface area (Å²) in [6.45, 7) is 0.939. The number of nitrogens with zero attached hydrogens (tertiary/aromatic N) is 3. The van der Waals surface area contributed by atoms with Crippen LogP contribution in [0.5, 0.6) is 0 Å². The van der Waals surface area contributed by atoms with E-state index in [1.54, 1.807) is 4.90 Å². The number of sulfone groups is 1. The third-order valence-electron chi connectivity index (χ3n) is 3.48. The number of ether oxygens (including phenoxy) is 1. The molecular formula is C12H15N5O4S. The van der Waals surface area contributed by atoms with Gasteiger partial charge in [-0.2, -0.15) is 5.10 Å². The van der Waals surface area contributed by atoms with Crippen molar-refractivity contribution in [2.45, 2.75) is 10.9 Å². The third kappa shape index (κ3) is 2.62. The number of imidazole rings is 1. The van der Waals surface area contributed by atoms with Gasteiger partial charge in [-0.05, 0) is 0 Å². The molecule has 0 aliphatic carbocycles. The molecule has 9 nitrogen and oxygen atoms in total. The van der Waals surface area contributed by atoms with Gasteiger partial charge in [0.1, 0.15) is 10.6 Å². The van der Waals surface area contributed by atoms with Crippen molar-refractivity contribution in [1.29, 1.82) is 0 Å². The number of aromatic nitrogens is 4. The molecule has 22 heavy (non-hydrogen) atoms. The van der Waals surface area contributed by atoms with Crippen LogP contribution in [0.1, 0.15) is 22.2 Å². The summed E-state index contributed by atoms with van der Waals surface area (Å²) in [7, 11) is -3.45. The van der Waals surface area contributed by atoms with E-state index in [9.17, 15) is 13.2 Å². The standard InChI is InChI=1S/C12H15N5O4S/c1-22(19,20)10-5-15-16-11(10)9-6-21-3-2-17(9)12(18)8-4-13-7-14-8/h4-5,7,9H,2-3,6H2,1H3,(H,13,14)(H,15,16)/t9-/m1/s1. The van der Waals surface area contributed by atoms with Crippen LogP contribution in [0.15, 0.2) is 23.6 Å². The average molecular weight is 325 g/mol. The summed E-state index contributed by atoms with van der Waals surface area (Å²) in [4.78, 5) is 20.8. The highest BCUT2D eigenvalue weighted by Crippen LogP contribution is 2.28. The number of morpholine rings is 1. The monoisotopic (exact) mass is 325 g/mol. The van der Waals surface area contributed by atoms with Crippen molar-refractivity contribution in [2.75, 3.05) is 26.0 Å². The van der Waals surface area contributed by atoms with Gasteiger partial charge in [-0.1, -0.05) is 0 Å². The van der Waals surface area contributed by atoms with Crippen LogP contribution in [0.2, 0.25) is 0 Å². The second-order valence-corrected chi connectivity index (χ2v) is 6.96. The SMILES string of the molecule is CS(=O)(=O)c1cn[nH]c1[C@H]1COCCN1C(=O)c1cnc[nH]1. The minimum Gasteiger partial charge on any atom is -0.377 e. The van der Waals surface area contributed by atoms with Gasteiger partial charge in [-0.15, -0.1) is 0 Å². The Morgan fingerprint density at radius 1 is 1.45 bits per heavy atom. The molecule has 118 valence electrons. The van der Waals surface area contributed by atoms with Gasteiger partial charge in [-0.3, -0.25) is 9.89 Å². The lowest BCUT2D eigenvalue weighted by Gasteiger charge is -2.35. The van der Waals surface area contributed by atoms with Gasteiger partial charge in [0.05, 0.1) is 43.7 Å². The number of carbonyl (C=O) groups excluding carboxylic acids is 1. The summed E-state index contributed by atoms with van der Waals surface area (Å²) in [5.74, 6) is -0.264. The Hall–Kier alpha value is -2.20. The lowest BCUT2D eigenvalue weighted by atomic mass is 10.1. The molecule has 2 aromatic heterocycles. The van der Waals surface area contributed by atoms with Crippen LogP contribution >= 0.6 is 0 Å². The van der Waals surface area contributed by atoms with E-state index >= 15 is 0 Å². The van der Waals surface area contributed by atoms with Gasteiger partial charge in [0.25, 0.3) is 5.91 Å². The van der Waals surface area contributed by atoms with Gasteiger partial charge in [0.2, 0.25) is 0 Å². The summed E-state index contributed by atoms with van der Waals surface area (Å²) in [5.41, 5.74) is 0.697. The second kappa shape index (κ2) is 5.54. The van der Waals surface area contributed by atoms with Crippen molar-refractivity contribution in [1.82, 2.24) is 25.1 Å². The Balaban J connectivity index is 1.97. The zero-order chi connectivity index (χ0) is 15.7. The quantitative estimate of drug-likeness (QED) is 0.802. The number of aromatic amines is 2. The van der Waals surface area contributed by atoms with Gasteiger partial charge in [0, 0.05) is 12.8 Å². The van der Waals surface area contributed by atoms with Crippen molar-refractivity contribution in [2.24, 2.45) is 0 Å². The van der Waals surface area contributed by atoms with E-state index in [4.69, 9.17) is 4.74 Å². The van der Waals surface area contributed by atoms with Crippen LogP contribution in [0.4, 0.5) is 0 Å². The highest BCUT2D eigenvalue weighted by Gasteiger charge is 2.34. The highest BCUT2D eigenvalue weighted by molar-refractivity contribution is 7.90. The Labute approximate surface area is 126 Å². The molecule has 2 N–H and O–H groups in total. The fourth-order valence-corrected chi connectivity index (χ4v) is 3.26. The first kappa shape index (κ1) is 14.7. The zero-order valence-electron chi connectivity index (χ0n) is 11.8. The number of nitrogens with one attached hydrogen (secondary N) is 2. The predicted octanol–water partition coefficient (Wildman–Crippen LogP) is -0.250. The van der Waals surface area contributed by atoms with E-state index in [0.29, 0.717) is 24.5 Å². The molecule has 1 aliphatic rings. The van der Waals surface area contributed by atoms with Crippen LogP contribution < -0.4 is 0 Å². The number of rotatable bonds is 3. The Morgan fingerprint density at radius 2 is 2.27 bits per heavy atom. The number of carbonyl (C=O) groups is 1. The first-order valence-electron chi connectivity index (χ1n) is 6.59. The summed E-state index contributed by atoms with van der Waals surface area (Å²) in [6.07, 6.45) is 5.20. The lowest BCUT2D eigenvalue weighted by molar-refractivity contribution is -0.00496. The van der Waals surface area contributed by atoms with Gasteiger partial charge in [0.15, 0.2) is 9.84 Å². The molecule has 10 heteroatoms. The van der Waals surface area contributed by atoms with Crippen LogP contribution in [-0.2, 0) is 14.6 Å². The molecule has 0 radical (unpaired) electrons. The molecule has 3 rings (SSSR count). The number of hydrogen-bond acceptors (Lipinski definition) is 6. The van der Waals surface area contributed by atoms with Crippen LogP contribution in [0.25, 0.3) is 0 Å². The maximum absolute atomic E-state index is 12.5. The maximum atomic E-state index is 12.5. The summed E-state index contributed by atoms with van der Waals surface area (Å²) < 4.78 is 29.1. The second-order valence-electron chi connectivity index (χ2n) is 4.97. The van der Waals surface area contributed by atoms with Crippen molar-refractivity contribution in [3.05, 3.63) is 30.1 Å². The number of amides is 1. The molecule has 0 spiro atoms. The fraction of sp³-hybridized carbons (Fsp3) is 0.417. The molecule has 3 heterocycles. The first-order chi connectivity index (χ1) is 10.5. The molecule has 0 aromatic carbocycles. The largest absolute Gasteiger partial charge is 0.377 e. The Kier molecular flexibility index (Phi) is 3.71. The molecule has 1 atom stereocenters. The van der Waals surface area contributed by atoms with E-state index < -0.39 is 15.9 Å².